The molecule has 0 saturated heterocycles. The summed E-state index contributed by atoms with van der Waals surface area (Å²) in [6.07, 6.45) is 12.2. The van der Waals surface area contributed by atoms with Crippen molar-refractivity contribution in [1.29, 1.82) is 27.0 Å². The van der Waals surface area contributed by atoms with Crippen molar-refractivity contribution in [1.82, 2.24) is 0 Å². The highest BCUT2D eigenvalue weighted by atomic mass is 16.4. The molecule has 47 heavy (non-hydrogen) atoms. The maximum absolute atomic E-state index is 10.4. The fourth-order valence-corrected chi connectivity index (χ4v) is 2.49. The number of hydrogen-bond acceptors (Lipinski definition) is 7. The second-order valence-corrected chi connectivity index (χ2v) is 9.48. The standard InChI is InChI=1S/C7H14N2O2.C6H14N2O.2C6H14N2.C3H8N2.6CH4/c1-2-5(7(10)11)3-4-6(8)9;1-2-5(9)3-4-6(7)8;2*1-2-3-4-5-6(7)8;1-2-3(4)5;;;;;;/h5H,2-4H2,1H3,(H3,8,9)(H,10,11);5,9H,2-4H2,1H3,(H3,7,8);2*2-5H2,1H3,(H3,7,8);2H2,1H3,(H3,4,5);6*1H4. The normalized spacial score (nSPS) is 9.32. The van der Waals surface area contributed by atoms with Crippen molar-refractivity contribution in [3.63, 3.8) is 0 Å². The van der Waals surface area contributed by atoms with E-state index in [9.17, 15) is 4.79 Å². The lowest BCUT2D eigenvalue weighted by Crippen LogP contribution is -2.17. The van der Waals surface area contributed by atoms with E-state index in [1.807, 2.05) is 20.8 Å². The molecule has 17 N–H and O–H groups in total. The van der Waals surface area contributed by atoms with Gasteiger partial charge in [-0.05, 0) is 38.5 Å². The number of amidine groups is 5. The maximum Gasteiger partial charge on any atom is 0.306 e. The molecule has 13 heteroatoms. The molecular weight excluding hydrogens is 596 g/mol. The van der Waals surface area contributed by atoms with Crippen molar-refractivity contribution in [2.75, 3.05) is 0 Å². The van der Waals surface area contributed by atoms with Gasteiger partial charge in [0.2, 0.25) is 0 Å². The lowest BCUT2D eigenvalue weighted by atomic mass is 10.0. The van der Waals surface area contributed by atoms with Crippen molar-refractivity contribution < 1.29 is 15.0 Å². The van der Waals surface area contributed by atoms with Crippen LogP contribution in [0.15, 0.2) is 0 Å². The molecule has 0 fully saturated rings. The van der Waals surface area contributed by atoms with E-state index < -0.39 is 5.97 Å². The van der Waals surface area contributed by atoms with Crippen LogP contribution in [0.4, 0.5) is 0 Å². The van der Waals surface area contributed by atoms with Gasteiger partial charge < -0.3 is 38.9 Å². The number of nitrogens with two attached hydrogens (primary N) is 5. The van der Waals surface area contributed by atoms with E-state index in [4.69, 9.17) is 65.9 Å². The SMILES string of the molecule is C.C.C.C.C.C.CCC(=N)N.CCC(CCC(=N)N)C(=O)O.CCC(O)CCC(=N)N.CCCCCC(=N)N.CCCCCC(=N)N. The Kier molecular flexibility index (Phi) is 92.5. The van der Waals surface area contributed by atoms with Crippen LogP contribution in [0.1, 0.15) is 175 Å². The first kappa shape index (κ1) is 74.6. The number of hydrogen-bond donors (Lipinski definition) is 12. The second-order valence-electron chi connectivity index (χ2n) is 9.48. The highest BCUT2D eigenvalue weighted by Gasteiger charge is 2.14. The van der Waals surface area contributed by atoms with E-state index in [1.165, 1.54) is 25.7 Å². The molecule has 0 aliphatic heterocycles. The summed E-state index contributed by atoms with van der Waals surface area (Å²) in [6, 6.07) is 0. The molecule has 0 aliphatic carbocycles. The molecule has 0 aromatic carbocycles. The molecular formula is C34H88N10O3. The Morgan fingerprint density at radius 2 is 0.830 bits per heavy atom. The Bertz CT molecular complexity index is 671. The zero-order chi connectivity index (χ0) is 33.2. The van der Waals surface area contributed by atoms with Gasteiger partial charge in [0.25, 0.3) is 0 Å². The largest absolute Gasteiger partial charge is 0.481 e. The first-order chi connectivity index (χ1) is 19.0. The summed E-state index contributed by atoms with van der Waals surface area (Å²) in [5.41, 5.74) is 25.3. The Hall–Kier alpha value is -3.22. The molecule has 0 aromatic heterocycles. The minimum atomic E-state index is -0.797. The van der Waals surface area contributed by atoms with Crippen LogP contribution >= 0.6 is 0 Å². The predicted molar refractivity (Wildman–Crippen MR) is 215 cm³/mol. The molecule has 0 amide bonds. The number of aliphatic hydroxyl groups is 1. The lowest BCUT2D eigenvalue weighted by molar-refractivity contribution is -0.142. The summed E-state index contributed by atoms with van der Waals surface area (Å²) in [6.45, 7) is 9.85. The Balaban J connectivity index is -0.0000000377. The summed E-state index contributed by atoms with van der Waals surface area (Å²) < 4.78 is 0. The average Bonchev–Trinajstić information content (AvgIpc) is 2.88. The maximum atomic E-state index is 10.4. The number of unbranched alkanes of at least 4 members (excludes halogenated alkanes) is 4. The van der Waals surface area contributed by atoms with Crippen molar-refractivity contribution in [3.05, 3.63) is 0 Å². The lowest BCUT2D eigenvalue weighted by Gasteiger charge is -2.07. The van der Waals surface area contributed by atoms with E-state index in [0.29, 0.717) is 50.2 Å². The van der Waals surface area contributed by atoms with Crippen molar-refractivity contribution >= 4 is 35.1 Å². The molecule has 0 spiro atoms. The van der Waals surface area contributed by atoms with E-state index in [-0.39, 0.29) is 74.1 Å². The molecule has 292 valence electrons. The molecule has 2 atom stereocenters. The summed E-state index contributed by atoms with van der Waals surface area (Å²) in [7, 11) is 0. The van der Waals surface area contributed by atoms with Crippen LogP contribution in [0.3, 0.4) is 0 Å². The first-order valence-electron chi connectivity index (χ1n) is 14.6. The van der Waals surface area contributed by atoms with Gasteiger partial charge in [0, 0.05) is 32.1 Å². The van der Waals surface area contributed by atoms with Gasteiger partial charge in [-0.3, -0.25) is 31.8 Å². The number of carboxylic acids is 1. The smallest absolute Gasteiger partial charge is 0.306 e. The summed E-state index contributed by atoms with van der Waals surface area (Å²) >= 11 is 0. The zero-order valence-corrected chi connectivity index (χ0v) is 26.5. The van der Waals surface area contributed by atoms with Gasteiger partial charge in [-0.1, -0.05) is 105 Å². The average molecular weight is 685 g/mol. The van der Waals surface area contributed by atoms with Crippen LogP contribution < -0.4 is 28.7 Å². The number of carbonyl (C=O) groups is 1. The van der Waals surface area contributed by atoms with E-state index in [2.05, 4.69) is 13.8 Å². The van der Waals surface area contributed by atoms with E-state index >= 15 is 0 Å². The van der Waals surface area contributed by atoms with Gasteiger partial charge in [0.15, 0.2) is 0 Å². The monoisotopic (exact) mass is 685 g/mol. The molecule has 0 bridgehead atoms. The van der Waals surface area contributed by atoms with Crippen molar-refractivity contribution in [2.45, 2.75) is 182 Å². The van der Waals surface area contributed by atoms with Crippen LogP contribution in [0.5, 0.6) is 0 Å². The molecule has 0 saturated carbocycles. The third-order valence-electron chi connectivity index (χ3n) is 5.30. The fraction of sp³-hybridized carbons (Fsp3) is 0.824. The van der Waals surface area contributed by atoms with Crippen LogP contribution in [0.25, 0.3) is 0 Å². The number of carboxylic acid groups (broad SMARTS) is 1. The molecule has 2 unspecified atom stereocenters. The summed E-state index contributed by atoms with van der Waals surface area (Å²) in [5.74, 6) is -0.0400. The topological polar surface area (TPSA) is 307 Å². The summed E-state index contributed by atoms with van der Waals surface area (Å²) in [5, 5.41) is 51.5. The Morgan fingerprint density at radius 1 is 0.532 bits per heavy atom. The molecule has 0 radical (unpaired) electrons. The zero-order valence-electron chi connectivity index (χ0n) is 26.5. The number of rotatable bonds is 18. The van der Waals surface area contributed by atoms with Crippen molar-refractivity contribution in [2.24, 2.45) is 34.6 Å². The van der Waals surface area contributed by atoms with Gasteiger partial charge in [0.05, 0.1) is 41.2 Å². The third-order valence-corrected chi connectivity index (χ3v) is 5.30. The van der Waals surface area contributed by atoms with Gasteiger partial charge >= 0.3 is 5.97 Å². The number of aliphatic carboxylic acids is 1. The second kappa shape index (κ2) is 58.3. The van der Waals surface area contributed by atoms with E-state index in [0.717, 1.165) is 32.1 Å². The van der Waals surface area contributed by atoms with Crippen LogP contribution in [0.2, 0.25) is 0 Å². The minimum Gasteiger partial charge on any atom is -0.481 e. The Morgan fingerprint density at radius 3 is 1.02 bits per heavy atom. The van der Waals surface area contributed by atoms with Gasteiger partial charge in [-0.2, -0.15) is 0 Å². The third kappa shape index (κ3) is 99.2. The van der Waals surface area contributed by atoms with Crippen LogP contribution in [0, 0.1) is 33.0 Å². The van der Waals surface area contributed by atoms with Gasteiger partial charge in [-0.25, -0.2) is 0 Å². The van der Waals surface area contributed by atoms with Gasteiger partial charge in [0.1, 0.15) is 0 Å². The molecule has 0 aromatic rings. The minimum absolute atomic E-state index is 0. The number of nitrogens with one attached hydrogen (secondary N) is 5. The first-order valence-corrected chi connectivity index (χ1v) is 14.6. The van der Waals surface area contributed by atoms with Gasteiger partial charge in [-0.15, -0.1) is 0 Å². The Labute approximate surface area is 293 Å². The molecule has 0 aliphatic rings. The molecule has 13 nitrogen and oxygen atoms in total. The van der Waals surface area contributed by atoms with Crippen LogP contribution in [-0.2, 0) is 4.79 Å². The van der Waals surface area contributed by atoms with Crippen LogP contribution in [-0.4, -0.2) is 51.5 Å². The number of aliphatic hydroxyl groups excluding tert-OH is 1. The highest BCUT2D eigenvalue weighted by molar-refractivity contribution is 5.78. The molecule has 0 rings (SSSR count). The molecule has 0 heterocycles. The highest BCUT2D eigenvalue weighted by Crippen LogP contribution is 2.10. The quantitative estimate of drug-likeness (QED) is 0.0376. The predicted octanol–water partition coefficient (Wildman–Crippen LogP) is 8.44. The summed E-state index contributed by atoms with van der Waals surface area (Å²) in [4.78, 5) is 10.4. The fourth-order valence-electron chi connectivity index (χ4n) is 2.49. The van der Waals surface area contributed by atoms with E-state index in [1.54, 1.807) is 0 Å². The van der Waals surface area contributed by atoms with Crippen molar-refractivity contribution in [3.8, 4) is 0 Å².